The standard InChI is InChI=1S/C35H37N3O9/c1-4-43-29(40)19-20-34(2)46-30-27(45-32(31(30)47-34)38-33(41)37-28(39)21-36-38)22-44-35(23-11-7-5-8-12-23,24-13-9-6-10-14-24)25-15-17-26(42-3)18-16-25/h5-18,21,27,30-32H,4,19-20,22H2,1-3H3,(H,37,39,41)/t27-,30-,31-,32-,34-/m1/s1. The molecule has 2 aliphatic heterocycles. The second-order valence-electron chi connectivity index (χ2n) is 11.5. The fourth-order valence-corrected chi connectivity index (χ4v) is 6.26. The minimum absolute atomic E-state index is 0.00288. The number of ether oxygens (including phenoxy) is 6. The summed E-state index contributed by atoms with van der Waals surface area (Å²) in [4.78, 5) is 39.1. The minimum atomic E-state index is -1.19. The van der Waals surface area contributed by atoms with Crippen LogP contribution in [0, 0.1) is 0 Å². The summed E-state index contributed by atoms with van der Waals surface area (Å²) in [6, 6.07) is 27.4. The van der Waals surface area contributed by atoms with Gasteiger partial charge in [-0.2, -0.15) is 9.78 Å². The molecule has 5 atom stereocenters. The molecule has 2 aliphatic rings. The molecule has 0 radical (unpaired) electrons. The predicted molar refractivity (Wildman–Crippen MR) is 169 cm³/mol. The Hall–Kier alpha value is -4.62. The lowest BCUT2D eigenvalue weighted by Gasteiger charge is -2.37. The fourth-order valence-electron chi connectivity index (χ4n) is 6.26. The number of rotatable bonds is 12. The van der Waals surface area contributed by atoms with Gasteiger partial charge in [0.05, 0.1) is 26.7 Å². The van der Waals surface area contributed by atoms with Gasteiger partial charge in [-0.1, -0.05) is 72.8 Å². The monoisotopic (exact) mass is 643 g/mol. The van der Waals surface area contributed by atoms with E-state index in [1.165, 1.54) is 0 Å². The molecule has 3 aromatic carbocycles. The van der Waals surface area contributed by atoms with Crippen LogP contribution in [0.25, 0.3) is 0 Å². The Morgan fingerprint density at radius 3 is 2.15 bits per heavy atom. The number of hydrogen-bond acceptors (Lipinski definition) is 10. The van der Waals surface area contributed by atoms with Gasteiger partial charge >= 0.3 is 11.7 Å². The Balaban J connectivity index is 1.38. The van der Waals surface area contributed by atoms with E-state index in [-0.39, 0.29) is 32.0 Å². The van der Waals surface area contributed by atoms with Crippen LogP contribution in [0.5, 0.6) is 5.75 Å². The highest BCUT2D eigenvalue weighted by atomic mass is 16.8. The van der Waals surface area contributed by atoms with Gasteiger partial charge in [0.25, 0.3) is 5.56 Å². The van der Waals surface area contributed by atoms with Crippen LogP contribution >= 0.6 is 0 Å². The Bertz CT molecular complexity index is 1740. The highest BCUT2D eigenvalue weighted by Crippen LogP contribution is 2.46. The van der Waals surface area contributed by atoms with Gasteiger partial charge in [0.15, 0.2) is 12.0 Å². The SMILES string of the molecule is CCOC(=O)CC[C@@]1(C)O[C@@H]2[C@H](O1)[C@@H](COC(c1ccccc1)(c1ccccc1)c1ccc(OC)cc1)O[C@H]2n1ncc(=O)[nH]c1=O. The molecule has 4 aromatic rings. The highest BCUT2D eigenvalue weighted by molar-refractivity contribution is 5.69. The number of fused-ring (bicyclic) bond motifs is 1. The quantitative estimate of drug-likeness (QED) is 0.180. The minimum Gasteiger partial charge on any atom is -0.497 e. The molecular weight excluding hydrogens is 606 g/mol. The third-order valence-electron chi connectivity index (χ3n) is 8.44. The van der Waals surface area contributed by atoms with Gasteiger partial charge in [0.2, 0.25) is 0 Å². The molecule has 0 unspecified atom stereocenters. The lowest BCUT2D eigenvalue weighted by Crippen LogP contribution is -2.40. The van der Waals surface area contributed by atoms with Gasteiger partial charge in [-0.15, -0.1) is 0 Å². The van der Waals surface area contributed by atoms with E-state index in [0.717, 1.165) is 27.6 Å². The van der Waals surface area contributed by atoms with Gasteiger partial charge in [0, 0.05) is 6.42 Å². The van der Waals surface area contributed by atoms with E-state index in [1.807, 2.05) is 84.9 Å². The van der Waals surface area contributed by atoms with Crippen molar-refractivity contribution in [3.63, 3.8) is 0 Å². The second kappa shape index (κ2) is 13.6. The molecule has 0 bridgehead atoms. The summed E-state index contributed by atoms with van der Waals surface area (Å²) in [5.74, 6) is -0.870. The van der Waals surface area contributed by atoms with Gasteiger partial charge in [0.1, 0.15) is 35.9 Å². The van der Waals surface area contributed by atoms with E-state index >= 15 is 0 Å². The Kier molecular flexibility index (Phi) is 9.37. The van der Waals surface area contributed by atoms with Crippen molar-refractivity contribution in [2.45, 2.75) is 62.6 Å². The number of nitrogens with zero attached hydrogens (tertiary/aromatic N) is 2. The number of carbonyl (C=O) groups is 1. The topological polar surface area (TPSA) is 140 Å². The van der Waals surface area contributed by atoms with Crippen LogP contribution in [0.15, 0.2) is 101 Å². The number of methoxy groups -OCH3 is 1. The molecule has 2 fully saturated rings. The first-order chi connectivity index (χ1) is 22.8. The van der Waals surface area contributed by atoms with Gasteiger partial charge in [-0.3, -0.25) is 14.6 Å². The van der Waals surface area contributed by atoms with Crippen molar-refractivity contribution >= 4 is 5.97 Å². The number of nitrogens with one attached hydrogen (secondary N) is 1. The van der Waals surface area contributed by atoms with Gasteiger partial charge in [-0.25, -0.2) is 4.79 Å². The van der Waals surface area contributed by atoms with E-state index in [0.29, 0.717) is 5.75 Å². The van der Waals surface area contributed by atoms with Crippen LogP contribution in [-0.4, -0.2) is 65.2 Å². The van der Waals surface area contributed by atoms with Crippen molar-refractivity contribution in [2.24, 2.45) is 0 Å². The molecule has 1 N–H and O–H groups in total. The number of esters is 1. The zero-order valence-electron chi connectivity index (χ0n) is 26.4. The van der Waals surface area contributed by atoms with Gasteiger partial charge < -0.3 is 28.4 Å². The molecule has 47 heavy (non-hydrogen) atoms. The van der Waals surface area contributed by atoms with E-state index in [2.05, 4.69) is 10.1 Å². The smallest absolute Gasteiger partial charge is 0.347 e. The predicted octanol–water partition coefficient (Wildman–Crippen LogP) is 3.69. The maximum absolute atomic E-state index is 12.9. The summed E-state index contributed by atoms with van der Waals surface area (Å²) < 4.78 is 37.9. The number of aromatic nitrogens is 3. The maximum atomic E-state index is 12.9. The molecule has 2 saturated heterocycles. The van der Waals surface area contributed by atoms with E-state index in [4.69, 9.17) is 28.4 Å². The summed E-state index contributed by atoms with van der Waals surface area (Å²) >= 11 is 0. The Morgan fingerprint density at radius 2 is 1.55 bits per heavy atom. The molecule has 12 heteroatoms. The Labute approximate surface area is 271 Å². The Morgan fingerprint density at radius 1 is 0.936 bits per heavy atom. The first kappa shape index (κ1) is 32.3. The van der Waals surface area contributed by atoms with E-state index in [1.54, 1.807) is 21.0 Å². The van der Waals surface area contributed by atoms with Crippen molar-refractivity contribution < 1.29 is 33.2 Å². The first-order valence-electron chi connectivity index (χ1n) is 15.5. The fraction of sp³-hybridized carbons (Fsp3) is 0.371. The lowest BCUT2D eigenvalue weighted by molar-refractivity contribution is -0.220. The normalized spacial score (nSPS) is 23.7. The number of hydrogen-bond donors (Lipinski definition) is 1. The average Bonchev–Trinajstić information content (AvgIpc) is 3.60. The average molecular weight is 644 g/mol. The number of aromatic amines is 1. The highest BCUT2D eigenvalue weighted by Gasteiger charge is 2.58. The third kappa shape index (κ3) is 6.50. The zero-order valence-corrected chi connectivity index (χ0v) is 26.4. The van der Waals surface area contributed by atoms with Crippen molar-refractivity contribution in [1.82, 2.24) is 14.8 Å². The molecule has 6 rings (SSSR count). The largest absolute Gasteiger partial charge is 0.497 e. The molecule has 0 saturated carbocycles. The van der Waals surface area contributed by atoms with Crippen LogP contribution in [-0.2, 0) is 34.1 Å². The molecule has 12 nitrogen and oxygen atoms in total. The summed E-state index contributed by atoms with van der Waals surface area (Å²) in [6.07, 6.45) is -2.05. The number of H-pyrrole nitrogens is 1. The summed E-state index contributed by atoms with van der Waals surface area (Å²) in [5.41, 5.74) is 0.119. The molecule has 0 spiro atoms. The van der Waals surface area contributed by atoms with E-state index < -0.39 is 47.2 Å². The van der Waals surface area contributed by atoms with Crippen LogP contribution in [0.4, 0.5) is 0 Å². The van der Waals surface area contributed by atoms with Crippen molar-refractivity contribution in [3.8, 4) is 5.75 Å². The maximum Gasteiger partial charge on any atom is 0.347 e. The first-order valence-corrected chi connectivity index (χ1v) is 15.5. The van der Waals surface area contributed by atoms with Crippen LogP contribution in [0.2, 0.25) is 0 Å². The number of benzene rings is 3. The zero-order chi connectivity index (χ0) is 33.0. The van der Waals surface area contributed by atoms with E-state index in [9.17, 15) is 14.4 Å². The molecular formula is C35H37N3O9. The summed E-state index contributed by atoms with van der Waals surface area (Å²) in [5, 5.41) is 4.04. The summed E-state index contributed by atoms with van der Waals surface area (Å²) in [6.45, 7) is 3.74. The third-order valence-corrected chi connectivity index (χ3v) is 8.44. The molecule has 0 amide bonds. The van der Waals surface area contributed by atoms with Crippen molar-refractivity contribution in [2.75, 3.05) is 20.3 Å². The van der Waals surface area contributed by atoms with Crippen molar-refractivity contribution in [3.05, 3.63) is 129 Å². The second-order valence-corrected chi connectivity index (χ2v) is 11.5. The van der Waals surface area contributed by atoms with Crippen LogP contribution in [0.1, 0.15) is 49.6 Å². The summed E-state index contributed by atoms with van der Waals surface area (Å²) in [7, 11) is 1.62. The molecule has 1 aromatic heterocycles. The van der Waals surface area contributed by atoms with Gasteiger partial charge in [-0.05, 0) is 42.7 Å². The van der Waals surface area contributed by atoms with Crippen LogP contribution < -0.4 is 16.0 Å². The molecule has 0 aliphatic carbocycles. The molecule has 246 valence electrons. The molecule has 3 heterocycles. The van der Waals surface area contributed by atoms with Crippen LogP contribution in [0.3, 0.4) is 0 Å². The lowest BCUT2D eigenvalue weighted by atomic mass is 9.80. The van der Waals surface area contributed by atoms with Crippen molar-refractivity contribution in [1.29, 1.82) is 0 Å². The number of carbonyl (C=O) groups excluding carboxylic acids is 1.